The Bertz CT molecular complexity index is 420. The maximum Gasteiger partial charge on any atom is 0.0499 e. The summed E-state index contributed by atoms with van der Waals surface area (Å²) in [7, 11) is 2.15. The number of piperazine rings is 1. The summed E-state index contributed by atoms with van der Waals surface area (Å²) in [6.45, 7) is 6.32. The van der Waals surface area contributed by atoms with E-state index in [-0.39, 0.29) is 12.4 Å². The number of hydrogen-bond acceptors (Lipinski definition) is 3. The van der Waals surface area contributed by atoms with Crippen LogP contribution >= 0.6 is 12.4 Å². The number of hydrogen-bond donors (Lipinski definition) is 0. The second-order valence-electron chi connectivity index (χ2n) is 4.80. The van der Waals surface area contributed by atoms with Gasteiger partial charge >= 0.3 is 0 Å². The topological polar surface area (TPSA) is 18.8 Å². The molecule has 0 atom stereocenters. The summed E-state index contributed by atoms with van der Waals surface area (Å²) < 4.78 is 0. The Balaban J connectivity index is 0.00000180. The van der Waals surface area contributed by atoms with Gasteiger partial charge in [0.1, 0.15) is 0 Å². The summed E-state index contributed by atoms with van der Waals surface area (Å²) in [5.74, 6) is 0. The third-order valence-electron chi connectivity index (χ3n) is 3.10. The summed E-state index contributed by atoms with van der Waals surface area (Å²) in [6.07, 6.45) is 4.11. The van der Waals surface area contributed by atoms with Crippen LogP contribution in [0.5, 0.6) is 0 Å². The van der Waals surface area contributed by atoms with Gasteiger partial charge in [-0.1, -0.05) is 36.4 Å². The number of nitrogens with zero attached hydrogens (tertiary/aromatic N) is 3. The van der Waals surface area contributed by atoms with Gasteiger partial charge in [0.05, 0.1) is 0 Å². The maximum absolute atomic E-state index is 4.53. The summed E-state index contributed by atoms with van der Waals surface area (Å²) >= 11 is 0. The van der Waals surface area contributed by atoms with Gasteiger partial charge in [0.15, 0.2) is 0 Å². The molecule has 1 aromatic rings. The molecule has 1 aromatic carbocycles. The predicted octanol–water partition coefficient (Wildman–Crippen LogP) is 2.74. The molecule has 104 valence electrons. The fourth-order valence-electron chi connectivity index (χ4n) is 1.93. The first-order chi connectivity index (χ1) is 8.74. The molecule has 2 rings (SSSR count). The molecule has 1 heterocycles. The highest BCUT2D eigenvalue weighted by atomic mass is 35.5. The van der Waals surface area contributed by atoms with Crippen molar-refractivity contribution >= 4 is 24.7 Å². The lowest BCUT2D eigenvalue weighted by atomic mass is 10.1. The van der Waals surface area contributed by atoms with Crippen LogP contribution in [0.25, 0.3) is 6.08 Å². The zero-order valence-corrected chi connectivity index (χ0v) is 12.4. The van der Waals surface area contributed by atoms with Gasteiger partial charge in [-0.25, -0.2) is 0 Å². The van der Waals surface area contributed by atoms with Gasteiger partial charge in [-0.05, 0) is 25.1 Å². The van der Waals surface area contributed by atoms with Gasteiger partial charge in [-0.2, -0.15) is 5.10 Å². The second-order valence-corrected chi connectivity index (χ2v) is 4.80. The van der Waals surface area contributed by atoms with Crippen LogP contribution < -0.4 is 0 Å². The van der Waals surface area contributed by atoms with E-state index in [1.807, 2.05) is 12.3 Å². The number of rotatable bonds is 3. The highest BCUT2D eigenvalue weighted by Crippen LogP contribution is 2.05. The van der Waals surface area contributed by atoms with Crippen LogP contribution in [-0.4, -0.2) is 49.4 Å². The van der Waals surface area contributed by atoms with E-state index in [1.54, 1.807) is 0 Å². The van der Waals surface area contributed by atoms with Crippen LogP contribution in [0.3, 0.4) is 0 Å². The quantitative estimate of drug-likeness (QED) is 0.793. The SMILES string of the molecule is CC(C=NN1CCN(C)CC1)=Cc1ccccc1.Cl. The molecular weight excluding hydrogens is 258 g/mol. The van der Waals surface area contributed by atoms with E-state index in [4.69, 9.17) is 0 Å². The van der Waals surface area contributed by atoms with Crippen molar-refractivity contribution in [3.8, 4) is 0 Å². The zero-order valence-electron chi connectivity index (χ0n) is 11.6. The molecule has 19 heavy (non-hydrogen) atoms. The average molecular weight is 280 g/mol. The van der Waals surface area contributed by atoms with Gasteiger partial charge in [-0.3, -0.25) is 5.01 Å². The third-order valence-corrected chi connectivity index (χ3v) is 3.10. The summed E-state index contributed by atoms with van der Waals surface area (Å²) in [6, 6.07) is 10.3. The molecule has 0 radical (unpaired) electrons. The van der Waals surface area contributed by atoms with Crippen molar-refractivity contribution in [3.63, 3.8) is 0 Å². The number of benzene rings is 1. The fourth-order valence-corrected chi connectivity index (χ4v) is 1.93. The Morgan fingerprint density at radius 3 is 2.37 bits per heavy atom. The highest BCUT2D eigenvalue weighted by molar-refractivity contribution is 5.85. The monoisotopic (exact) mass is 279 g/mol. The lowest BCUT2D eigenvalue weighted by molar-refractivity contribution is 0.159. The first kappa shape index (κ1) is 15.7. The van der Waals surface area contributed by atoms with Gasteiger partial charge < -0.3 is 4.90 Å². The van der Waals surface area contributed by atoms with Gasteiger partial charge in [0.2, 0.25) is 0 Å². The smallest absolute Gasteiger partial charge is 0.0499 e. The average Bonchev–Trinajstić information content (AvgIpc) is 2.39. The van der Waals surface area contributed by atoms with Crippen molar-refractivity contribution in [1.29, 1.82) is 0 Å². The van der Waals surface area contributed by atoms with Crippen molar-refractivity contribution in [1.82, 2.24) is 9.91 Å². The molecule has 0 bridgehead atoms. The summed E-state index contributed by atoms with van der Waals surface area (Å²) in [4.78, 5) is 2.33. The highest BCUT2D eigenvalue weighted by Gasteiger charge is 2.10. The molecule has 0 N–H and O–H groups in total. The van der Waals surface area contributed by atoms with Crippen LogP contribution in [0.15, 0.2) is 41.0 Å². The Hall–Kier alpha value is -1.32. The van der Waals surface area contributed by atoms with E-state index in [1.165, 1.54) is 11.1 Å². The van der Waals surface area contributed by atoms with Crippen LogP contribution in [0.1, 0.15) is 12.5 Å². The van der Waals surface area contributed by atoms with Crippen LogP contribution in [-0.2, 0) is 0 Å². The van der Waals surface area contributed by atoms with Crippen molar-refractivity contribution in [2.75, 3.05) is 33.2 Å². The van der Waals surface area contributed by atoms with E-state index < -0.39 is 0 Å². The molecule has 4 heteroatoms. The van der Waals surface area contributed by atoms with E-state index in [0.29, 0.717) is 0 Å². The Labute approximate surface area is 122 Å². The molecule has 1 aliphatic heterocycles. The zero-order chi connectivity index (χ0) is 12.8. The second kappa shape index (κ2) is 7.97. The lowest BCUT2D eigenvalue weighted by Crippen LogP contribution is -2.41. The molecule has 0 saturated carbocycles. The summed E-state index contributed by atoms with van der Waals surface area (Å²) in [5.41, 5.74) is 2.40. The molecule has 3 nitrogen and oxygen atoms in total. The normalized spacial score (nSPS) is 17.6. The Kier molecular flexibility index (Phi) is 6.60. The minimum atomic E-state index is 0. The Morgan fingerprint density at radius 1 is 1.11 bits per heavy atom. The van der Waals surface area contributed by atoms with Crippen molar-refractivity contribution in [2.45, 2.75) is 6.92 Å². The first-order valence-electron chi connectivity index (χ1n) is 6.45. The van der Waals surface area contributed by atoms with Gasteiger partial charge in [0.25, 0.3) is 0 Å². The number of halogens is 1. The predicted molar refractivity (Wildman–Crippen MR) is 84.9 cm³/mol. The standard InChI is InChI=1S/C15H21N3.ClH/c1-14(12-15-6-4-3-5-7-15)13-16-18-10-8-17(2)9-11-18;/h3-7,12-13H,8-11H2,1-2H3;1H. The van der Waals surface area contributed by atoms with E-state index >= 15 is 0 Å². The van der Waals surface area contributed by atoms with Crippen molar-refractivity contribution in [3.05, 3.63) is 41.5 Å². The maximum atomic E-state index is 4.53. The molecule has 0 unspecified atom stereocenters. The minimum Gasteiger partial charge on any atom is -0.303 e. The van der Waals surface area contributed by atoms with Crippen LogP contribution in [0.2, 0.25) is 0 Å². The number of likely N-dealkylation sites (N-methyl/N-ethyl adjacent to an activating group) is 1. The van der Waals surface area contributed by atoms with E-state index in [9.17, 15) is 0 Å². The van der Waals surface area contributed by atoms with Crippen LogP contribution in [0.4, 0.5) is 0 Å². The van der Waals surface area contributed by atoms with Crippen molar-refractivity contribution < 1.29 is 0 Å². The fraction of sp³-hybridized carbons (Fsp3) is 0.400. The largest absolute Gasteiger partial charge is 0.303 e. The third kappa shape index (κ3) is 5.45. The molecule has 0 aliphatic carbocycles. The Morgan fingerprint density at radius 2 is 1.74 bits per heavy atom. The molecule has 1 aliphatic rings. The summed E-state index contributed by atoms with van der Waals surface area (Å²) in [5, 5.41) is 6.67. The van der Waals surface area contributed by atoms with Gasteiger partial charge in [0, 0.05) is 32.4 Å². The molecule has 0 amide bonds. The molecule has 0 aromatic heterocycles. The van der Waals surface area contributed by atoms with E-state index in [2.05, 4.69) is 59.3 Å². The van der Waals surface area contributed by atoms with Crippen LogP contribution in [0, 0.1) is 0 Å². The van der Waals surface area contributed by atoms with E-state index in [0.717, 1.165) is 26.2 Å². The number of hydrazone groups is 1. The van der Waals surface area contributed by atoms with Gasteiger partial charge in [-0.15, -0.1) is 12.4 Å². The molecule has 0 spiro atoms. The minimum absolute atomic E-state index is 0. The van der Waals surface area contributed by atoms with Crippen molar-refractivity contribution in [2.24, 2.45) is 5.10 Å². The lowest BCUT2D eigenvalue weighted by Gasteiger charge is -2.30. The molecule has 1 fully saturated rings. The molecular formula is C15H22ClN3. The number of allylic oxidation sites excluding steroid dienone is 1. The molecule has 1 saturated heterocycles. The first-order valence-corrected chi connectivity index (χ1v) is 6.45.